The molecule has 0 fully saturated rings. The first-order valence-corrected chi connectivity index (χ1v) is 8.22. The molecule has 0 radical (unpaired) electrons. The highest BCUT2D eigenvalue weighted by Gasteiger charge is 2.29. The van der Waals surface area contributed by atoms with Gasteiger partial charge in [-0.15, -0.1) is 11.3 Å². The van der Waals surface area contributed by atoms with Crippen LogP contribution < -0.4 is 4.72 Å². The summed E-state index contributed by atoms with van der Waals surface area (Å²) in [6.45, 7) is 3.28. The topological polar surface area (TPSA) is 96.4 Å². The second-order valence-electron chi connectivity index (χ2n) is 4.63. The number of benzene rings is 1. The molecule has 0 bridgehead atoms. The number of carboxylic acid groups (broad SMARTS) is 1. The number of rotatable bonds is 5. The first-order chi connectivity index (χ1) is 9.31. The van der Waals surface area contributed by atoms with Crippen molar-refractivity contribution in [3.8, 4) is 0 Å². The van der Waals surface area contributed by atoms with E-state index in [1.54, 1.807) is 38.1 Å². The number of carboxylic acids is 1. The monoisotopic (exact) mass is 314 g/mol. The number of hydrogen-bond donors (Lipinski definition) is 2. The Labute approximate surface area is 120 Å². The van der Waals surface area contributed by atoms with Crippen molar-refractivity contribution in [1.29, 1.82) is 0 Å². The van der Waals surface area contributed by atoms with Gasteiger partial charge in [-0.1, -0.05) is 26.0 Å². The molecule has 0 amide bonds. The van der Waals surface area contributed by atoms with Gasteiger partial charge in [0.25, 0.3) is 10.0 Å². The third-order valence-electron chi connectivity index (χ3n) is 2.72. The van der Waals surface area contributed by atoms with Crippen LogP contribution in [0.1, 0.15) is 13.8 Å². The van der Waals surface area contributed by atoms with E-state index >= 15 is 0 Å². The number of thiazole rings is 1. The molecule has 1 aromatic heterocycles. The highest BCUT2D eigenvalue weighted by atomic mass is 32.2. The highest BCUT2D eigenvalue weighted by Crippen LogP contribution is 2.25. The fourth-order valence-electron chi connectivity index (χ4n) is 1.66. The zero-order valence-corrected chi connectivity index (χ0v) is 12.5. The number of fused-ring (bicyclic) bond motifs is 1. The lowest BCUT2D eigenvalue weighted by molar-refractivity contribution is -0.140. The van der Waals surface area contributed by atoms with Crippen molar-refractivity contribution in [1.82, 2.24) is 9.71 Å². The minimum absolute atomic E-state index is 0.120. The highest BCUT2D eigenvalue weighted by molar-refractivity contribution is 7.91. The predicted molar refractivity (Wildman–Crippen MR) is 76.2 cm³/mol. The van der Waals surface area contributed by atoms with Crippen LogP contribution in [-0.4, -0.2) is 30.5 Å². The fourth-order valence-corrected chi connectivity index (χ4v) is 4.23. The molecule has 0 spiro atoms. The molecule has 0 saturated carbocycles. The average Bonchev–Trinajstić information content (AvgIpc) is 2.80. The van der Waals surface area contributed by atoms with Gasteiger partial charge in [0.05, 0.1) is 10.2 Å². The first kappa shape index (κ1) is 14.9. The molecule has 0 aliphatic carbocycles. The van der Waals surface area contributed by atoms with Crippen LogP contribution in [0.15, 0.2) is 28.6 Å². The van der Waals surface area contributed by atoms with Crippen LogP contribution in [0.3, 0.4) is 0 Å². The number of carbonyl (C=O) groups is 1. The summed E-state index contributed by atoms with van der Waals surface area (Å²) in [5.74, 6) is -1.57. The van der Waals surface area contributed by atoms with E-state index in [4.69, 9.17) is 5.11 Å². The largest absolute Gasteiger partial charge is 0.480 e. The predicted octanol–water partition coefficient (Wildman–Crippen LogP) is 1.68. The molecular weight excluding hydrogens is 300 g/mol. The lowest BCUT2D eigenvalue weighted by Gasteiger charge is -2.16. The average molecular weight is 314 g/mol. The summed E-state index contributed by atoms with van der Waals surface area (Å²) in [4.78, 5) is 15.1. The summed E-state index contributed by atoms with van der Waals surface area (Å²) in [6.07, 6.45) is 0. The Morgan fingerprint density at radius 3 is 2.55 bits per heavy atom. The maximum Gasteiger partial charge on any atom is 0.322 e. The van der Waals surface area contributed by atoms with Crippen LogP contribution in [0.5, 0.6) is 0 Å². The molecule has 0 unspecified atom stereocenters. The van der Waals surface area contributed by atoms with E-state index in [9.17, 15) is 13.2 Å². The summed E-state index contributed by atoms with van der Waals surface area (Å²) in [5, 5.41) is 9.05. The second-order valence-corrected chi connectivity index (χ2v) is 7.55. The summed E-state index contributed by atoms with van der Waals surface area (Å²) in [6, 6.07) is 5.86. The molecule has 2 N–H and O–H groups in total. The zero-order valence-electron chi connectivity index (χ0n) is 10.9. The summed E-state index contributed by atoms with van der Waals surface area (Å²) >= 11 is 1.02. The Morgan fingerprint density at radius 1 is 1.35 bits per heavy atom. The van der Waals surface area contributed by atoms with Gasteiger partial charge >= 0.3 is 5.97 Å². The molecule has 108 valence electrons. The summed E-state index contributed by atoms with van der Waals surface area (Å²) < 4.78 is 27.2. The first-order valence-electron chi connectivity index (χ1n) is 5.92. The van der Waals surface area contributed by atoms with Gasteiger partial charge in [0.1, 0.15) is 6.04 Å². The normalized spacial score (nSPS) is 13.8. The van der Waals surface area contributed by atoms with E-state index in [0.717, 1.165) is 16.0 Å². The molecule has 1 aromatic carbocycles. The van der Waals surface area contributed by atoms with E-state index in [0.29, 0.717) is 5.52 Å². The van der Waals surface area contributed by atoms with Gasteiger partial charge in [0, 0.05) is 0 Å². The van der Waals surface area contributed by atoms with Crippen molar-refractivity contribution in [2.75, 3.05) is 0 Å². The van der Waals surface area contributed by atoms with E-state index < -0.39 is 22.0 Å². The van der Waals surface area contributed by atoms with Crippen LogP contribution in [0.25, 0.3) is 10.2 Å². The van der Waals surface area contributed by atoms with Gasteiger partial charge < -0.3 is 5.11 Å². The number of nitrogens with zero attached hydrogens (tertiary/aromatic N) is 1. The number of sulfonamides is 1. The summed E-state index contributed by atoms with van der Waals surface area (Å²) in [7, 11) is -3.93. The Bertz CT molecular complexity index is 704. The second kappa shape index (κ2) is 5.47. The third-order valence-corrected chi connectivity index (χ3v) is 5.57. The molecule has 8 heteroatoms. The molecule has 0 aliphatic rings. The van der Waals surface area contributed by atoms with Gasteiger partial charge in [0.15, 0.2) is 0 Å². The number of para-hydroxylation sites is 1. The van der Waals surface area contributed by atoms with Gasteiger partial charge in [-0.3, -0.25) is 4.79 Å². The Morgan fingerprint density at radius 2 is 2.00 bits per heavy atom. The van der Waals surface area contributed by atoms with Crippen LogP contribution >= 0.6 is 11.3 Å². The standard InChI is InChI=1S/C12H14N2O4S2/c1-7(2)10(11(15)16)14-20(17,18)12-13-8-5-3-4-6-9(8)19-12/h3-7,10,14H,1-2H3,(H,15,16)/t10-/m1/s1. The van der Waals surface area contributed by atoms with Crippen molar-refractivity contribution < 1.29 is 18.3 Å². The van der Waals surface area contributed by atoms with Crippen LogP contribution in [0, 0.1) is 5.92 Å². The maximum absolute atomic E-state index is 12.2. The number of aliphatic carboxylic acids is 1. The minimum Gasteiger partial charge on any atom is -0.480 e. The Hall–Kier alpha value is -1.51. The third kappa shape index (κ3) is 2.97. The van der Waals surface area contributed by atoms with Gasteiger partial charge in [0.2, 0.25) is 4.34 Å². The molecule has 1 atom stereocenters. The van der Waals surface area contributed by atoms with Gasteiger partial charge in [-0.25, -0.2) is 13.4 Å². The van der Waals surface area contributed by atoms with Crippen LogP contribution in [0.2, 0.25) is 0 Å². The van der Waals surface area contributed by atoms with Crippen molar-refractivity contribution in [2.24, 2.45) is 5.92 Å². The SMILES string of the molecule is CC(C)[C@@H](NS(=O)(=O)c1nc2ccccc2s1)C(=O)O. The van der Waals surface area contributed by atoms with E-state index in [2.05, 4.69) is 9.71 Å². The molecule has 1 heterocycles. The molecule has 20 heavy (non-hydrogen) atoms. The molecule has 2 rings (SSSR count). The number of nitrogens with one attached hydrogen (secondary N) is 1. The van der Waals surface area contributed by atoms with Crippen molar-refractivity contribution in [2.45, 2.75) is 24.2 Å². The Kier molecular flexibility index (Phi) is 4.07. The van der Waals surface area contributed by atoms with Crippen molar-refractivity contribution in [3.63, 3.8) is 0 Å². The van der Waals surface area contributed by atoms with Crippen molar-refractivity contribution >= 4 is 37.5 Å². The fraction of sp³-hybridized carbons (Fsp3) is 0.333. The lowest BCUT2D eigenvalue weighted by Crippen LogP contribution is -2.44. The molecule has 2 aromatic rings. The maximum atomic E-state index is 12.2. The van der Waals surface area contributed by atoms with Gasteiger partial charge in [-0.05, 0) is 18.1 Å². The molecule has 0 aliphatic heterocycles. The Balaban J connectivity index is 2.36. The van der Waals surface area contributed by atoms with Crippen LogP contribution in [0.4, 0.5) is 0 Å². The van der Waals surface area contributed by atoms with Crippen LogP contribution in [-0.2, 0) is 14.8 Å². The molecule has 0 saturated heterocycles. The molecular formula is C12H14N2O4S2. The van der Waals surface area contributed by atoms with Crippen molar-refractivity contribution in [3.05, 3.63) is 24.3 Å². The van der Waals surface area contributed by atoms with E-state index in [1.807, 2.05) is 0 Å². The summed E-state index contributed by atoms with van der Waals surface area (Å²) in [5.41, 5.74) is 0.578. The van der Waals surface area contributed by atoms with E-state index in [1.165, 1.54) is 0 Å². The van der Waals surface area contributed by atoms with Gasteiger partial charge in [-0.2, -0.15) is 4.72 Å². The van der Waals surface area contributed by atoms with E-state index in [-0.39, 0.29) is 10.3 Å². The quantitative estimate of drug-likeness (QED) is 0.875. The molecule has 6 nitrogen and oxygen atoms in total. The number of hydrogen-bond acceptors (Lipinski definition) is 5. The minimum atomic E-state index is -3.93. The smallest absolute Gasteiger partial charge is 0.322 e. The zero-order chi connectivity index (χ0) is 14.9. The lowest BCUT2D eigenvalue weighted by atomic mass is 10.1. The number of aromatic nitrogens is 1.